The number of carbonyl (C=O) groups is 2. The first kappa shape index (κ1) is 17.3. The smallest absolute Gasteiger partial charge is 0.410 e. The number of quaternary nitrogens is 1. The van der Waals surface area contributed by atoms with E-state index in [-0.39, 0.29) is 12.0 Å². The van der Waals surface area contributed by atoms with Crippen molar-refractivity contribution in [1.29, 1.82) is 0 Å². The van der Waals surface area contributed by atoms with Crippen LogP contribution in [0.3, 0.4) is 0 Å². The zero-order chi connectivity index (χ0) is 16.7. The van der Waals surface area contributed by atoms with E-state index in [1.54, 1.807) is 11.8 Å². The lowest BCUT2D eigenvalue weighted by atomic mass is 10.1. The van der Waals surface area contributed by atoms with Gasteiger partial charge in [-0.3, -0.25) is 9.69 Å². The summed E-state index contributed by atoms with van der Waals surface area (Å²) in [5, 5.41) is 2.95. The molecule has 0 atom stereocenters. The molecular weight excluding hydrogens is 294 g/mol. The fourth-order valence-corrected chi connectivity index (χ4v) is 2.70. The summed E-state index contributed by atoms with van der Waals surface area (Å²) in [5.74, 6) is 0.0119. The molecule has 0 saturated carbocycles. The summed E-state index contributed by atoms with van der Waals surface area (Å²) in [5.41, 5.74) is 2.05. The molecule has 0 bridgehead atoms. The molecule has 0 spiro atoms. The first-order chi connectivity index (χ1) is 11.1. The Morgan fingerprint density at radius 3 is 2.65 bits per heavy atom. The highest BCUT2D eigenvalue weighted by Crippen LogP contribution is 2.10. The van der Waals surface area contributed by atoms with Crippen molar-refractivity contribution in [3.8, 4) is 0 Å². The molecule has 2 amide bonds. The molecule has 126 valence electrons. The van der Waals surface area contributed by atoms with Crippen molar-refractivity contribution in [2.45, 2.75) is 20.3 Å². The zero-order valence-electron chi connectivity index (χ0n) is 13.9. The van der Waals surface area contributed by atoms with E-state index < -0.39 is 0 Å². The van der Waals surface area contributed by atoms with Crippen molar-refractivity contribution in [1.82, 2.24) is 4.90 Å². The van der Waals surface area contributed by atoms with E-state index >= 15 is 0 Å². The van der Waals surface area contributed by atoms with Gasteiger partial charge < -0.3 is 15.0 Å². The normalized spacial score (nSPS) is 15.3. The maximum absolute atomic E-state index is 12.2. The third-order valence-corrected chi connectivity index (χ3v) is 4.03. The second-order valence-corrected chi connectivity index (χ2v) is 5.71. The first-order valence-corrected chi connectivity index (χ1v) is 8.26. The molecule has 6 nitrogen and oxygen atoms in total. The Morgan fingerprint density at radius 2 is 2.00 bits per heavy atom. The highest BCUT2D eigenvalue weighted by atomic mass is 16.6. The van der Waals surface area contributed by atoms with Gasteiger partial charge in [-0.2, -0.15) is 0 Å². The summed E-state index contributed by atoms with van der Waals surface area (Å²) >= 11 is 0. The molecule has 1 aliphatic rings. The number of piperazine rings is 1. The van der Waals surface area contributed by atoms with Gasteiger partial charge in [0.25, 0.3) is 5.91 Å². The van der Waals surface area contributed by atoms with E-state index in [4.69, 9.17) is 4.74 Å². The van der Waals surface area contributed by atoms with Crippen LogP contribution in [0.1, 0.15) is 19.4 Å². The summed E-state index contributed by atoms with van der Waals surface area (Å²) in [4.78, 5) is 26.7. The van der Waals surface area contributed by atoms with Crippen LogP contribution in [0.4, 0.5) is 10.5 Å². The van der Waals surface area contributed by atoms with Crippen LogP contribution in [-0.4, -0.2) is 56.2 Å². The lowest BCUT2D eigenvalue weighted by molar-refractivity contribution is -0.895. The first-order valence-electron chi connectivity index (χ1n) is 8.26. The van der Waals surface area contributed by atoms with Gasteiger partial charge in [-0.1, -0.05) is 19.1 Å². The molecule has 1 fully saturated rings. The van der Waals surface area contributed by atoms with Gasteiger partial charge >= 0.3 is 6.09 Å². The number of nitrogens with zero attached hydrogens (tertiary/aromatic N) is 1. The van der Waals surface area contributed by atoms with Gasteiger partial charge in [-0.15, -0.1) is 0 Å². The largest absolute Gasteiger partial charge is 0.450 e. The number of benzene rings is 1. The number of nitrogens with one attached hydrogen (secondary N) is 2. The third-order valence-electron chi connectivity index (χ3n) is 4.03. The van der Waals surface area contributed by atoms with Crippen molar-refractivity contribution in [3.63, 3.8) is 0 Å². The van der Waals surface area contributed by atoms with Crippen LogP contribution in [0.2, 0.25) is 0 Å². The molecule has 1 aromatic carbocycles. The summed E-state index contributed by atoms with van der Waals surface area (Å²) in [7, 11) is 0. The summed E-state index contributed by atoms with van der Waals surface area (Å²) in [6.07, 6.45) is 0.692. The molecule has 1 saturated heterocycles. The van der Waals surface area contributed by atoms with Crippen LogP contribution in [0.5, 0.6) is 0 Å². The average molecular weight is 320 g/mol. The Labute approximate surface area is 137 Å². The summed E-state index contributed by atoms with van der Waals surface area (Å²) in [6, 6.07) is 7.92. The number of hydrogen-bond donors (Lipinski definition) is 2. The Kier molecular flexibility index (Phi) is 6.40. The Bertz CT molecular complexity index is 540. The number of carbonyl (C=O) groups excluding carboxylic acids is 2. The summed E-state index contributed by atoms with van der Waals surface area (Å²) in [6.45, 7) is 7.51. The van der Waals surface area contributed by atoms with Gasteiger partial charge in [-0.25, -0.2) is 4.79 Å². The van der Waals surface area contributed by atoms with E-state index in [0.29, 0.717) is 26.2 Å². The molecule has 1 aliphatic heterocycles. The van der Waals surface area contributed by atoms with E-state index in [1.807, 2.05) is 18.2 Å². The monoisotopic (exact) mass is 320 g/mol. The quantitative estimate of drug-likeness (QED) is 0.833. The average Bonchev–Trinajstić information content (AvgIpc) is 2.55. The number of rotatable bonds is 5. The van der Waals surface area contributed by atoms with Gasteiger partial charge in [0, 0.05) is 5.69 Å². The van der Waals surface area contributed by atoms with Gasteiger partial charge in [0.15, 0.2) is 6.54 Å². The van der Waals surface area contributed by atoms with E-state index in [2.05, 4.69) is 18.3 Å². The molecule has 0 unspecified atom stereocenters. The minimum absolute atomic E-state index is 0.0119. The minimum atomic E-state index is -0.257. The Hall–Kier alpha value is -2.08. The van der Waals surface area contributed by atoms with Gasteiger partial charge in [0.2, 0.25) is 0 Å². The molecule has 23 heavy (non-hydrogen) atoms. The maximum Gasteiger partial charge on any atom is 0.410 e. The second-order valence-electron chi connectivity index (χ2n) is 5.71. The van der Waals surface area contributed by atoms with Gasteiger partial charge in [-0.05, 0) is 31.0 Å². The van der Waals surface area contributed by atoms with Crippen LogP contribution in [0.25, 0.3) is 0 Å². The highest BCUT2D eigenvalue weighted by Gasteiger charge is 2.25. The minimum Gasteiger partial charge on any atom is -0.450 e. The number of ether oxygens (including phenoxy) is 1. The third kappa shape index (κ3) is 5.25. The highest BCUT2D eigenvalue weighted by molar-refractivity contribution is 5.91. The number of anilines is 1. The standard InChI is InChI=1S/C17H25N3O3/c1-3-14-6-5-7-15(12-14)18-16(21)13-19-8-10-20(11-9-19)17(22)23-4-2/h5-7,12H,3-4,8-11,13H2,1-2H3,(H,18,21)/p+1. The van der Waals surface area contributed by atoms with Crippen LogP contribution in [-0.2, 0) is 16.0 Å². The summed E-state index contributed by atoms with van der Waals surface area (Å²) < 4.78 is 5.00. The second kappa shape index (κ2) is 8.53. The van der Waals surface area contributed by atoms with Gasteiger partial charge in [0.1, 0.15) is 0 Å². The van der Waals surface area contributed by atoms with Crippen LogP contribution in [0.15, 0.2) is 24.3 Å². The topological polar surface area (TPSA) is 63.1 Å². The molecule has 0 aliphatic carbocycles. The molecule has 1 aromatic rings. The lowest BCUT2D eigenvalue weighted by Crippen LogP contribution is -3.15. The lowest BCUT2D eigenvalue weighted by Gasteiger charge is -2.31. The SMILES string of the molecule is CCOC(=O)N1CC[NH+](CC(=O)Nc2cccc(CC)c2)CC1. The van der Waals surface area contributed by atoms with Crippen LogP contribution >= 0.6 is 0 Å². The predicted octanol–water partition coefficient (Wildman–Crippen LogP) is 0.545. The van der Waals surface area contributed by atoms with Crippen molar-refractivity contribution < 1.29 is 19.2 Å². The van der Waals surface area contributed by atoms with Crippen molar-refractivity contribution >= 4 is 17.7 Å². The maximum atomic E-state index is 12.2. The van der Waals surface area contributed by atoms with Crippen molar-refractivity contribution in [2.75, 3.05) is 44.6 Å². The fraction of sp³-hybridized carbons (Fsp3) is 0.529. The Morgan fingerprint density at radius 1 is 1.26 bits per heavy atom. The van der Waals surface area contributed by atoms with Crippen LogP contribution < -0.4 is 10.2 Å². The van der Waals surface area contributed by atoms with Crippen molar-refractivity contribution in [2.24, 2.45) is 0 Å². The van der Waals surface area contributed by atoms with E-state index in [0.717, 1.165) is 25.2 Å². The predicted molar refractivity (Wildman–Crippen MR) is 88.6 cm³/mol. The number of hydrogen-bond acceptors (Lipinski definition) is 3. The molecule has 2 rings (SSSR count). The zero-order valence-corrected chi connectivity index (χ0v) is 13.9. The number of aryl methyl sites for hydroxylation is 1. The molecule has 1 heterocycles. The Balaban J connectivity index is 1.77. The van der Waals surface area contributed by atoms with E-state index in [1.165, 1.54) is 10.5 Å². The fourth-order valence-electron chi connectivity index (χ4n) is 2.70. The molecular formula is C17H26N3O3+. The van der Waals surface area contributed by atoms with E-state index in [9.17, 15) is 9.59 Å². The number of amides is 2. The van der Waals surface area contributed by atoms with Crippen molar-refractivity contribution in [3.05, 3.63) is 29.8 Å². The molecule has 2 N–H and O–H groups in total. The molecule has 0 radical (unpaired) electrons. The van der Waals surface area contributed by atoms with Crippen LogP contribution in [0, 0.1) is 0 Å². The molecule has 6 heteroatoms. The van der Waals surface area contributed by atoms with Gasteiger partial charge in [0.05, 0.1) is 32.8 Å². The molecule has 0 aromatic heterocycles.